The molecule has 0 aliphatic carbocycles. The lowest BCUT2D eigenvalue weighted by Crippen LogP contribution is -2.19. The second-order valence-electron chi connectivity index (χ2n) is 5.01. The summed E-state index contributed by atoms with van der Waals surface area (Å²) in [4.78, 5) is 15.3. The van der Waals surface area contributed by atoms with Gasteiger partial charge in [-0.1, -0.05) is 30.3 Å². The van der Waals surface area contributed by atoms with E-state index in [1.165, 1.54) is 0 Å². The molecule has 0 saturated carbocycles. The molecule has 5 nitrogen and oxygen atoms in total. The van der Waals surface area contributed by atoms with E-state index in [0.29, 0.717) is 17.0 Å². The molecule has 110 valence electrons. The van der Waals surface area contributed by atoms with Gasteiger partial charge in [0.2, 0.25) is 0 Å². The lowest BCUT2D eigenvalue weighted by atomic mass is 10.1. The highest BCUT2D eigenvalue weighted by Gasteiger charge is 2.11. The maximum Gasteiger partial charge on any atom is 0.273 e. The molecule has 0 spiro atoms. The molecule has 1 amide bonds. The first-order valence-electron chi connectivity index (χ1n) is 6.92. The van der Waals surface area contributed by atoms with Crippen LogP contribution in [0.15, 0.2) is 59.8 Å². The van der Waals surface area contributed by atoms with Crippen molar-refractivity contribution < 1.29 is 4.79 Å². The molecule has 2 aromatic carbocycles. The number of aromatic amines is 1. The quantitative estimate of drug-likeness (QED) is 0.394. The number of hydrogen-bond donors (Lipinski definition) is 3. The van der Waals surface area contributed by atoms with Crippen molar-refractivity contribution >= 4 is 28.2 Å². The van der Waals surface area contributed by atoms with E-state index in [4.69, 9.17) is 5.73 Å². The molecule has 5 heteroatoms. The Morgan fingerprint density at radius 2 is 2.00 bits per heavy atom. The summed E-state index contributed by atoms with van der Waals surface area (Å²) in [7, 11) is 0. The summed E-state index contributed by atoms with van der Waals surface area (Å²) < 4.78 is 0. The molecular weight excluding hydrogens is 276 g/mol. The van der Waals surface area contributed by atoms with Gasteiger partial charge < -0.3 is 10.7 Å². The lowest BCUT2D eigenvalue weighted by molar-refractivity contribution is 0.0956. The van der Waals surface area contributed by atoms with E-state index < -0.39 is 0 Å². The van der Waals surface area contributed by atoms with Crippen molar-refractivity contribution in [2.45, 2.75) is 6.92 Å². The van der Waals surface area contributed by atoms with Crippen molar-refractivity contribution in [3.8, 4) is 0 Å². The van der Waals surface area contributed by atoms with E-state index in [2.05, 4.69) is 15.5 Å². The van der Waals surface area contributed by atoms with Crippen LogP contribution >= 0.6 is 0 Å². The highest BCUT2D eigenvalue weighted by molar-refractivity contribution is 6.07. The largest absolute Gasteiger partial charge is 0.399 e. The van der Waals surface area contributed by atoms with E-state index in [9.17, 15) is 4.79 Å². The number of nitrogens with two attached hydrogens (primary N) is 1. The molecule has 22 heavy (non-hydrogen) atoms. The van der Waals surface area contributed by atoms with Crippen LogP contribution < -0.4 is 11.2 Å². The second-order valence-corrected chi connectivity index (χ2v) is 5.01. The van der Waals surface area contributed by atoms with Gasteiger partial charge in [-0.05, 0) is 30.7 Å². The molecule has 0 aliphatic heterocycles. The van der Waals surface area contributed by atoms with Crippen LogP contribution in [0.5, 0.6) is 0 Å². The normalized spacial score (nSPS) is 11.6. The number of aromatic nitrogens is 1. The van der Waals surface area contributed by atoms with Gasteiger partial charge in [0, 0.05) is 22.8 Å². The summed E-state index contributed by atoms with van der Waals surface area (Å²) in [6.45, 7) is 1.82. The number of benzene rings is 2. The molecule has 0 bridgehead atoms. The van der Waals surface area contributed by atoms with Gasteiger partial charge in [0.1, 0.15) is 0 Å². The van der Waals surface area contributed by atoms with Crippen molar-refractivity contribution in [1.82, 2.24) is 10.4 Å². The van der Waals surface area contributed by atoms with Crippen molar-refractivity contribution in [1.29, 1.82) is 0 Å². The predicted molar refractivity (Wildman–Crippen MR) is 88.8 cm³/mol. The Morgan fingerprint density at radius 1 is 1.18 bits per heavy atom. The number of nitrogen functional groups attached to an aromatic ring is 1. The number of H-pyrrole nitrogens is 1. The van der Waals surface area contributed by atoms with Crippen LogP contribution in [0.3, 0.4) is 0 Å². The van der Waals surface area contributed by atoms with Crippen LogP contribution in [-0.2, 0) is 0 Å². The van der Waals surface area contributed by atoms with Crippen LogP contribution in [0.4, 0.5) is 5.69 Å². The fraction of sp³-hybridized carbons (Fsp3) is 0.0588. The Hall–Kier alpha value is -3.08. The third kappa shape index (κ3) is 2.69. The average Bonchev–Trinajstić information content (AvgIpc) is 2.96. The topological polar surface area (TPSA) is 83.3 Å². The lowest BCUT2D eigenvalue weighted by Gasteiger charge is -2.03. The summed E-state index contributed by atoms with van der Waals surface area (Å²) in [6.07, 6.45) is 1.69. The number of rotatable bonds is 3. The molecule has 4 N–H and O–H groups in total. The summed E-state index contributed by atoms with van der Waals surface area (Å²) in [6, 6.07) is 15.0. The Morgan fingerprint density at radius 3 is 2.82 bits per heavy atom. The molecule has 0 unspecified atom stereocenters. The van der Waals surface area contributed by atoms with Crippen LogP contribution in [0.25, 0.3) is 10.9 Å². The molecule has 0 saturated heterocycles. The van der Waals surface area contributed by atoms with E-state index in [1.54, 1.807) is 12.3 Å². The zero-order valence-electron chi connectivity index (χ0n) is 12.1. The van der Waals surface area contributed by atoms with Gasteiger partial charge in [0.15, 0.2) is 0 Å². The van der Waals surface area contributed by atoms with Gasteiger partial charge in [-0.3, -0.25) is 4.79 Å². The average molecular weight is 292 g/mol. The first-order chi connectivity index (χ1) is 10.6. The number of carbonyl (C=O) groups excluding carboxylic acids is 1. The molecule has 3 aromatic rings. The van der Waals surface area contributed by atoms with Crippen molar-refractivity contribution in [2.24, 2.45) is 5.10 Å². The standard InChI is InChI=1S/C17H16N4O/c1-11(12-5-4-6-13(18)9-12)20-21-17(22)15-10-19-16-8-3-2-7-14(15)16/h2-10,19H,18H2,1H3,(H,21,22). The van der Waals surface area contributed by atoms with Gasteiger partial charge in [-0.25, -0.2) is 5.43 Å². The molecule has 0 atom stereocenters. The number of nitrogens with zero attached hydrogens (tertiary/aromatic N) is 1. The Balaban J connectivity index is 1.81. The molecule has 0 fully saturated rings. The van der Waals surface area contributed by atoms with Gasteiger partial charge >= 0.3 is 0 Å². The van der Waals surface area contributed by atoms with Crippen molar-refractivity contribution in [3.05, 3.63) is 65.9 Å². The Kier molecular flexibility index (Phi) is 3.62. The third-order valence-electron chi connectivity index (χ3n) is 3.46. The summed E-state index contributed by atoms with van der Waals surface area (Å²) in [5.74, 6) is -0.249. The second kappa shape index (κ2) is 5.73. The number of para-hydroxylation sites is 1. The number of hydrazone groups is 1. The summed E-state index contributed by atoms with van der Waals surface area (Å²) >= 11 is 0. The zero-order chi connectivity index (χ0) is 15.5. The maximum atomic E-state index is 12.3. The molecule has 1 heterocycles. The molecular formula is C17H16N4O. The predicted octanol–water partition coefficient (Wildman–Crippen LogP) is 2.90. The van der Waals surface area contributed by atoms with Crippen LogP contribution in [0.1, 0.15) is 22.8 Å². The van der Waals surface area contributed by atoms with E-state index in [-0.39, 0.29) is 5.91 Å². The number of nitrogens with one attached hydrogen (secondary N) is 2. The molecule has 3 rings (SSSR count). The molecule has 0 radical (unpaired) electrons. The van der Waals surface area contributed by atoms with Crippen molar-refractivity contribution in [2.75, 3.05) is 5.73 Å². The van der Waals surface area contributed by atoms with Crippen molar-refractivity contribution in [3.63, 3.8) is 0 Å². The van der Waals surface area contributed by atoms with Gasteiger partial charge in [-0.2, -0.15) is 5.10 Å². The maximum absolute atomic E-state index is 12.3. The minimum absolute atomic E-state index is 0.249. The minimum atomic E-state index is -0.249. The van der Waals surface area contributed by atoms with Crippen LogP contribution in [-0.4, -0.2) is 16.6 Å². The van der Waals surface area contributed by atoms with Crippen LogP contribution in [0, 0.1) is 0 Å². The van der Waals surface area contributed by atoms with Crippen LogP contribution in [0.2, 0.25) is 0 Å². The number of carbonyl (C=O) groups is 1. The fourth-order valence-corrected chi connectivity index (χ4v) is 2.28. The Labute approximate surface area is 127 Å². The number of amides is 1. The number of fused-ring (bicyclic) bond motifs is 1. The Bertz CT molecular complexity index is 864. The monoisotopic (exact) mass is 292 g/mol. The highest BCUT2D eigenvalue weighted by Crippen LogP contribution is 2.17. The first kappa shape index (κ1) is 13.9. The van der Waals surface area contributed by atoms with Gasteiger partial charge in [-0.15, -0.1) is 0 Å². The minimum Gasteiger partial charge on any atom is -0.399 e. The van der Waals surface area contributed by atoms with E-state index in [1.807, 2.05) is 49.4 Å². The highest BCUT2D eigenvalue weighted by atomic mass is 16.2. The SMILES string of the molecule is CC(=NNC(=O)c1c[nH]c2ccccc12)c1cccc(N)c1. The van der Waals surface area contributed by atoms with Gasteiger partial charge in [0.25, 0.3) is 5.91 Å². The first-order valence-corrected chi connectivity index (χ1v) is 6.92. The van der Waals surface area contributed by atoms with E-state index in [0.717, 1.165) is 16.5 Å². The third-order valence-corrected chi connectivity index (χ3v) is 3.46. The molecule has 1 aromatic heterocycles. The molecule has 0 aliphatic rings. The summed E-state index contributed by atoms with van der Waals surface area (Å²) in [5, 5.41) is 5.02. The van der Waals surface area contributed by atoms with Gasteiger partial charge in [0.05, 0.1) is 11.3 Å². The fourth-order valence-electron chi connectivity index (χ4n) is 2.28. The number of anilines is 1. The number of hydrogen-bond acceptors (Lipinski definition) is 3. The zero-order valence-corrected chi connectivity index (χ0v) is 12.1. The van der Waals surface area contributed by atoms with E-state index >= 15 is 0 Å². The summed E-state index contributed by atoms with van der Waals surface area (Å²) in [5.41, 5.74) is 12.0. The smallest absolute Gasteiger partial charge is 0.273 e.